The highest BCUT2D eigenvalue weighted by molar-refractivity contribution is 5.79. The predicted molar refractivity (Wildman–Crippen MR) is 53.2 cm³/mol. The summed E-state index contributed by atoms with van der Waals surface area (Å²) in [7, 11) is 1.47. The molecule has 0 atom stereocenters. The van der Waals surface area contributed by atoms with Crippen LogP contribution in [0.3, 0.4) is 0 Å². The van der Waals surface area contributed by atoms with Gasteiger partial charge in [0.2, 0.25) is 0 Å². The molecule has 5 heteroatoms. The number of nitrogens with two attached hydrogens (primary N) is 2. The number of ether oxygens (including phenoxy) is 1. The summed E-state index contributed by atoms with van der Waals surface area (Å²) in [6.45, 7) is 0. The van der Waals surface area contributed by atoms with Gasteiger partial charge in [-0.3, -0.25) is 4.79 Å². The second-order valence-electron chi connectivity index (χ2n) is 2.82. The van der Waals surface area contributed by atoms with Crippen LogP contribution < -0.4 is 16.2 Å². The van der Waals surface area contributed by atoms with Crippen molar-refractivity contribution in [3.05, 3.63) is 17.7 Å². The first-order valence-corrected chi connectivity index (χ1v) is 3.99. The smallest absolute Gasteiger partial charge is 0.307 e. The molecule has 0 aliphatic heterocycles. The van der Waals surface area contributed by atoms with Gasteiger partial charge >= 0.3 is 5.97 Å². The molecule has 0 radical (unpaired) electrons. The third-order valence-corrected chi connectivity index (χ3v) is 1.90. The molecule has 1 aromatic carbocycles. The Morgan fingerprint density at radius 3 is 2.57 bits per heavy atom. The molecule has 0 unspecified atom stereocenters. The van der Waals surface area contributed by atoms with E-state index in [2.05, 4.69) is 0 Å². The number of hydrogen-bond donors (Lipinski definition) is 3. The van der Waals surface area contributed by atoms with Gasteiger partial charge in [-0.05, 0) is 11.6 Å². The maximum Gasteiger partial charge on any atom is 0.307 e. The van der Waals surface area contributed by atoms with Crippen molar-refractivity contribution in [1.82, 2.24) is 0 Å². The average Bonchev–Trinajstić information content (AvgIpc) is 2.13. The van der Waals surface area contributed by atoms with Gasteiger partial charge in [-0.15, -0.1) is 0 Å². The van der Waals surface area contributed by atoms with Gasteiger partial charge in [0.15, 0.2) is 0 Å². The molecule has 0 fully saturated rings. The van der Waals surface area contributed by atoms with E-state index in [9.17, 15) is 4.79 Å². The summed E-state index contributed by atoms with van der Waals surface area (Å²) in [6.07, 6.45) is -0.139. The molecular formula is C9H12N2O3. The van der Waals surface area contributed by atoms with Crippen LogP contribution in [0.25, 0.3) is 0 Å². The molecule has 0 saturated heterocycles. The zero-order chi connectivity index (χ0) is 10.7. The van der Waals surface area contributed by atoms with Crippen LogP contribution in [0, 0.1) is 0 Å². The molecule has 14 heavy (non-hydrogen) atoms. The van der Waals surface area contributed by atoms with Crippen LogP contribution in [-0.2, 0) is 11.2 Å². The quantitative estimate of drug-likeness (QED) is 0.611. The van der Waals surface area contributed by atoms with Crippen molar-refractivity contribution < 1.29 is 14.6 Å². The van der Waals surface area contributed by atoms with Crippen molar-refractivity contribution in [1.29, 1.82) is 0 Å². The summed E-state index contributed by atoms with van der Waals surface area (Å²) in [5, 5.41) is 8.58. The Kier molecular flexibility index (Phi) is 2.81. The number of hydrogen-bond acceptors (Lipinski definition) is 4. The molecule has 0 amide bonds. The van der Waals surface area contributed by atoms with Crippen LogP contribution in [0.5, 0.6) is 5.75 Å². The minimum absolute atomic E-state index is 0.139. The van der Waals surface area contributed by atoms with E-state index >= 15 is 0 Å². The van der Waals surface area contributed by atoms with E-state index in [4.69, 9.17) is 21.3 Å². The highest BCUT2D eigenvalue weighted by Crippen LogP contribution is 2.30. The molecule has 5 N–H and O–H groups in total. The monoisotopic (exact) mass is 196 g/mol. The minimum atomic E-state index is -0.943. The fourth-order valence-electron chi connectivity index (χ4n) is 1.16. The van der Waals surface area contributed by atoms with Crippen LogP contribution in [-0.4, -0.2) is 18.2 Å². The first kappa shape index (κ1) is 10.2. The molecule has 1 rings (SSSR count). The van der Waals surface area contributed by atoms with E-state index in [1.165, 1.54) is 7.11 Å². The van der Waals surface area contributed by atoms with Gasteiger partial charge in [-0.1, -0.05) is 6.07 Å². The van der Waals surface area contributed by atoms with Crippen molar-refractivity contribution in [3.63, 3.8) is 0 Å². The van der Waals surface area contributed by atoms with Crippen molar-refractivity contribution in [2.24, 2.45) is 0 Å². The summed E-state index contributed by atoms with van der Waals surface area (Å²) >= 11 is 0. The van der Waals surface area contributed by atoms with Gasteiger partial charge in [0, 0.05) is 0 Å². The van der Waals surface area contributed by atoms with E-state index in [0.29, 0.717) is 11.3 Å². The number of aliphatic carboxylic acids is 1. The SMILES string of the molecule is COc1ccc(CC(=O)O)c(N)c1N. The van der Waals surface area contributed by atoms with E-state index in [1.807, 2.05) is 0 Å². The highest BCUT2D eigenvalue weighted by Gasteiger charge is 2.10. The van der Waals surface area contributed by atoms with E-state index in [1.54, 1.807) is 12.1 Å². The molecular weight excluding hydrogens is 184 g/mol. The number of carbonyl (C=O) groups is 1. The third kappa shape index (κ3) is 1.87. The summed E-state index contributed by atoms with van der Waals surface area (Å²) < 4.78 is 4.93. The van der Waals surface area contributed by atoms with Crippen molar-refractivity contribution in [3.8, 4) is 5.75 Å². The minimum Gasteiger partial charge on any atom is -0.495 e. The Balaban J connectivity index is 3.10. The Hall–Kier alpha value is -1.91. The van der Waals surface area contributed by atoms with Gasteiger partial charge in [0.05, 0.1) is 24.9 Å². The zero-order valence-electron chi connectivity index (χ0n) is 7.78. The lowest BCUT2D eigenvalue weighted by molar-refractivity contribution is -0.136. The number of nitrogen functional groups attached to an aromatic ring is 2. The number of benzene rings is 1. The third-order valence-electron chi connectivity index (χ3n) is 1.90. The summed E-state index contributed by atoms with van der Waals surface area (Å²) in [4.78, 5) is 10.5. The van der Waals surface area contributed by atoms with Gasteiger partial charge in [0.25, 0.3) is 0 Å². The average molecular weight is 196 g/mol. The summed E-state index contributed by atoms with van der Waals surface area (Å²) in [6, 6.07) is 3.20. The largest absolute Gasteiger partial charge is 0.495 e. The number of carboxylic acids is 1. The standard InChI is InChI=1S/C9H12N2O3/c1-14-6-3-2-5(4-7(12)13)8(10)9(6)11/h2-3H,4,10-11H2,1H3,(H,12,13). The fraction of sp³-hybridized carbons (Fsp3) is 0.222. The van der Waals surface area contributed by atoms with Crippen LogP contribution >= 0.6 is 0 Å². The first-order chi connectivity index (χ1) is 6.56. The molecule has 0 aliphatic carbocycles. The van der Waals surface area contributed by atoms with Crippen molar-refractivity contribution in [2.75, 3.05) is 18.6 Å². The van der Waals surface area contributed by atoms with Gasteiger partial charge in [-0.25, -0.2) is 0 Å². The summed E-state index contributed by atoms with van der Waals surface area (Å²) in [5.74, 6) is -0.488. The number of rotatable bonds is 3. The molecule has 0 bridgehead atoms. The number of carboxylic acid groups (broad SMARTS) is 1. The lowest BCUT2D eigenvalue weighted by atomic mass is 10.1. The fourth-order valence-corrected chi connectivity index (χ4v) is 1.16. The summed E-state index contributed by atoms with van der Waals surface area (Å²) in [5.41, 5.74) is 12.3. The second kappa shape index (κ2) is 3.87. The van der Waals surface area contributed by atoms with Crippen LogP contribution in [0.1, 0.15) is 5.56 Å². The predicted octanol–water partition coefficient (Wildman–Crippen LogP) is 0.487. The zero-order valence-corrected chi connectivity index (χ0v) is 7.78. The number of anilines is 2. The lowest BCUT2D eigenvalue weighted by Crippen LogP contribution is -2.06. The maximum absolute atomic E-state index is 10.5. The molecule has 0 spiro atoms. The van der Waals surface area contributed by atoms with Gasteiger partial charge in [-0.2, -0.15) is 0 Å². The van der Waals surface area contributed by atoms with Crippen molar-refractivity contribution >= 4 is 17.3 Å². The molecule has 0 saturated carbocycles. The number of methoxy groups -OCH3 is 1. The Labute approximate surface area is 81.3 Å². The first-order valence-electron chi connectivity index (χ1n) is 3.99. The van der Waals surface area contributed by atoms with Gasteiger partial charge < -0.3 is 21.3 Å². The van der Waals surface area contributed by atoms with E-state index < -0.39 is 5.97 Å². The molecule has 0 aliphatic rings. The Morgan fingerprint density at radius 2 is 2.07 bits per heavy atom. The van der Waals surface area contributed by atoms with E-state index in [-0.39, 0.29) is 17.8 Å². The molecule has 5 nitrogen and oxygen atoms in total. The Morgan fingerprint density at radius 1 is 1.43 bits per heavy atom. The van der Waals surface area contributed by atoms with Crippen molar-refractivity contribution in [2.45, 2.75) is 6.42 Å². The topological polar surface area (TPSA) is 98.6 Å². The maximum atomic E-state index is 10.5. The van der Waals surface area contributed by atoms with Crippen LogP contribution in [0.4, 0.5) is 11.4 Å². The molecule has 0 heterocycles. The molecule has 1 aromatic rings. The normalized spacial score (nSPS) is 9.79. The Bertz CT molecular complexity index is 363. The van der Waals surface area contributed by atoms with E-state index in [0.717, 1.165) is 0 Å². The molecule has 76 valence electrons. The van der Waals surface area contributed by atoms with Crippen LogP contribution in [0.15, 0.2) is 12.1 Å². The van der Waals surface area contributed by atoms with Gasteiger partial charge in [0.1, 0.15) is 5.75 Å². The van der Waals surface area contributed by atoms with Crippen LogP contribution in [0.2, 0.25) is 0 Å². The lowest BCUT2D eigenvalue weighted by Gasteiger charge is -2.10. The second-order valence-corrected chi connectivity index (χ2v) is 2.82. The highest BCUT2D eigenvalue weighted by atomic mass is 16.5. The molecule has 0 aromatic heterocycles.